The SMILES string of the molecule is CC(C)(C)c1ccc(-c2csc3nc(CCl)[nH]c(=O)c23)cc1. The summed E-state index contributed by atoms with van der Waals surface area (Å²) in [6, 6.07) is 8.37. The summed E-state index contributed by atoms with van der Waals surface area (Å²) in [6.45, 7) is 6.55. The molecule has 0 bridgehead atoms. The quantitative estimate of drug-likeness (QED) is 0.692. The van der Waals surface area contributed by atoms with Crippen molar-refractivity contribution in [2.24, 2.45) is 0 Å². The van der Waals surface area contributed by atoms with Crippen molar-refractivity contribution in [3.05, 3.63) is 51.4 Å². The molecular formula is C17H17ClN2OS. The molecule has 1 N–H and O–H groups in total. The molecule has 0 fully saturated rings. The zero-order valence-corrected chi connectivity index (χ0v) is 14.3. The summed E-state index contributed by atoms with van der Waals surface area (Å²) in [5.74, 6) is 0.717. The normalized spacial score (nSPS) is 12.0. The Balaban J connectivity index is 2.13. The molecule has 0 unspecified atom stereocenters. The third kappa shape index (κ3) is 2.69. The van der Waals surface area contributed by atoms with Crippen LogP contribution in [0.5, 0.6) is 0 Å². The van der Waals surface area contributed by atoms with Crippen molar-refractivity contribution < 1.29 is 0 Å². The van der Waals surface area contributed by atoms with E-state index in [0.717, 1.165) is 16.0 Å². The van der Waals surface area contributed by atoms with Crippen LogP contribution in [0.15, 0.2) is 34.4 Å². The van der Waals surface area contributed by atoms with Gasteiger partial charge in [0, 0.05) is 10.9 Å². The molecule has 22 heavy (non-hydrogen) atoms. The largest absolute Gasteiger partial charge is 0.309 e. The number of aromatic amines is 1. The van der Waals surface area contributed by atoms with Crippen molar-refractivity contribution in [2.45, 2.75) is 32.1 Å². The highest BCUT2D eigenvalue weighted by Crippen LogP contribution is 2.32. The number of halogens is 1. The zero-order valence-electron chi connectivity index (χ0n) is 12.7. The second-order valence-electron chi connectivity index (χ2n) is 6.30. The first-order valence-electron chi connectivity index (χ1n) is 7.07. The van der Waals surface area contributed by atoms with E-state index >= 15 is 0 Å². The highest BCUT2D eigenvalue weighted by Gasteiger charge is 2.15. The Kier molecular flexibility index (Phi) is 3.83. The third-order valence-corrected chi connectivity index (χ3v) is 4.81. The molecule has 0 amide bonds. The average molecular weight is 333 g/mol. The molecule has 3 rings (SSSR count). The van der Waals surface area contributed by atoms with E-state index in [4.69, 9.17) is 11.6 Å². The summed E-state index contributed by atoms with van der Waals surface area (Å²) in [5, 5.41) is 2.62. The lowest BCUT2D eigenvalue weighted by molar-refractivity contribution is 0.590. The molecule has 5 heteroatoms. The molecular weight excluding hydrogens is 316 g/mol. The van der Waals surface area contributed by atoms with Gasteiger partial charge in [-0.3, -0.25) is 4.79 Å². The maximum atomic E-state index is 12.3. The number of fused-ring (bicyclic) bond motifs is 1. The van der Waals surface area contributed by atoms with Crippen LogP contribution in [0.25, 0.3) is 21.3 Å². The Morgan fingerprint density at radius 3 is 2.50 bits per heavy atom. The molecule has 2 heterocycles. The number of aromatic nitrogens is 2. The second-order valence-corrected chi connectivity index (χ2v) is 7.43. The van der Waals surface area contributed by atoms with Crippen LogP contribution in [-0.4, -0.2) is 9.97 Å². The zero-order chi connectivity index (χ0) is 15.9. The van der Waals surface area contributed by atoms with Crippen molar-refractivity contribution in [3.8, 4) is 11.1 Å². The Labute approximate surface area is 138 Å². The van der Waals surface area contributed by atoms with Gasteiger partial charge >= 0.3 is 0 Å². The first-order chi connectivity index (χ1) is 10.4. The van der Waals surface area contributed by atoms with Crippen molar-refractivity contribution in [2.75, 3.05) is 0 Å². The van der Waals surface area contributed by atoms with Crippen LogP contribution in [0, 0.1) is 0 Å². The smallest absolute Gasteiger partial charge is 0.260 e. The summed E-state index contributed by atoms with van der Waals surface area (Å²) in [7, 11) is 0. The van der Waals surface area contributed by atoms with Gasteiger partial charge in [-0.15, -0.1) is 22.9 Å². The van der Waals surface area contributed by atoms with Crippen LogP contribution < -0.4 is 5.56 Å². The van der Waals surface area contributed by atoms with E-state index in [2.05, 4.69) is 55.0 Å². The Morgan fingerprint density at radius 1 is 1.23 bits per heavy atom. The van der Waals surface area contributed by atoms with E-state index in [1.165, 1.54) is 16.9 Å². The summed E-state index contributed by atoms with van der Waals surface area (Å²) in [6.07, 6.45) is 0. The average Bonchev–Trinajstić information content (AvgIpc) is 2.90. The minimum absolute atomic E-state index is 0.115. The van der Waals surface area contributed by atoms with Crippen LogP contribution in [-0.2, 0) is 11.3 Å². The number of nitrogens with one attached hydrogen (secondary N) is 1. The van der Waals surface area contributed by atoms with E-state index in [0.29, 0.717) is 11.2 Å². The topological polar surface area (TPSA) is 45.8 Å². The fourth-order valence-corrected chi connectivity index (χ4v) is 3.51. The summed E-state index contributed by atoms with van der Waals surface area (Å²) >= 11 is 7.23. The summed E-state index contributed by atoms with van der Waals surface area (Å²) < 4.78 is 0. The number of nitrogens with zero attached hydrogens (tertiary/aromatic N) is 1. The second kappa shape index (κ2) is 5.52. The summed E-state index contributed by atoms with van der Waals surface area (Å²) in [5.41, 5.74) is 3.22. The van der Waals surface area contributed by atoms with Crippen molar-refractivity contribution >= 4 is 33.2 Å². The molecule has 0 saturated heterocycles. The number of thiophene rings is 1. The lowest BCUT2D eigenvalue weighted by atomic mass is 9.86. The molecule has 3 nitrogen and oxygen atoms in total. The standard InChI is InChI=1S/C17H17ClN2OS/c1-17(2,3)11-6-4-10(5-7-11)12-9-22-16-14(12)15(21)19-13(8-18)20-16/h4-7,9H,8H2,1-3H3,(H,19,20,21). The van der Waals surface area contributed by atoms with Gasteiger partial charge in [0.15, 0.2) is 0 Å². The van der Waals surface area contributed by atoms with Gasteiger partial charge < -0.3 is 4.98 Å². The highest BCUT2D eigenvalue weighted by molar-refractivity contribution is 7.17. The van der Waals surface area contributed by atoms with E-state index < -0.39 is 0 Å². The molecule has 0 aliphatic rings. The predicted molar refractivity (Wildman–Crippen MR) is 93.9 cm³/mol. The van der Waals surface area contributed by atoms with Gasteiger partial charge in [0.2, 0.25) is 0 Å². The number of H-pyrrole nitrogens is 1. The molecule has 1 aromatic carbocycles. The van der Waals surface area contributed by atoms with Crippen LogP contribution in [0.3, 0.4) is 0 Å². The number of benzene rings is 1. The van der Waals surface area contributed by atoms with Crippen LogP contribution in [0.1, 0.15) is 32.2 Å². The van der Waals surface area contributed by atoms with Crippen molar-refractivity contribution in [3.63, 3.8) is 0 Å². The van der Waals surface area contributed by atoms with Crippen molar-refractivity contribution in [1.82, 2.24) is 9.97 Å². The Bertz CT molecular complexity index is 872. The molecule has 0 atom stereocenters. The number of hydrogen-bond acceptors (Lipinski definition) is 3. The molecule has 0 aliphatic carbocycles. The number of hydrogen-bond donors (Lipinski definition) is 1. The van der Waals surface area contributed by atoms with E-state index in [1.807, 2.05) is 5.38 Å². The van der Waals surface area contributed by atoms with Crippen LogP contribution in [0.4, 0.5) is 0 Å². The lowest BCUT2D eigenvalue weighted by Gasteiger charge is -2.19. The molecule has 0 spiro atoms. The van der Waals surface area contributed by atoms with Gasteiger partial charge in [0.25, 0.3) is 5.56 Å². The van der Waals surface area contributed by atoms with Gasteiger partial charge in [-0.25, -0.2) is 4.98 Å². The van der Waals surface area contributed by atoms with Gasteiger partial charge in [0.1, 0.15) is 10.7 Å². The molecule has 0 radical (unpaired) electrons. The number of alkyl halides is 1. The molecule has 114 valence electrons. The predicted octanol–water partition coefficient (Wildman–Crippen LogP) is 4.69. The Hall–Kier alpha value is -1.65. The van der Waals surface area contributed by atoms with Gasteiger partial charge in [-0.1, -0.05) is 45.0 Å². The highest BCUT2D eigenvalue weighted by atomic mass is 35.5. The molecule has 3 aromatic rings. The van der Waals surface area contributed by atoms with Gasteiger partial charge in [-0.2, -0.15) is 0 Å². The van der Waals surface area contributed by atoms with Crippen LogP contribution >= 0.6 is 22.9 Å². The molecule has 0 saturated carbocycles. The number of rotatable bonds is 2. The molecule has 2 aromatic heterocycles. The Morgan fingerprint density at radius 2 is 1.91 bits per heavy atom. The van der Waals surface area contributed by atoms with Gasteiger partial charge in [0.05, 0.1) is 11.3 Å². The maximum Gasteiger partial charge on any atom is 0.260 e. The van der Waals surface area contributed by atoms with E-state index in [9.17, 15) is 4.79 Å². The lowest BCUT2D eigenvalue weighted by Crippen LogP contribution is -2.11. The fraction of sp³-hybridized carbons (Fsp3) is 0.294. The molecule has 0 aliphatic heterocycles. The minimum Gasteiger partial charge on any atom is -0.309 e. The summed E-state index contributed by atoms with van der Waals surface area (Å²) in [4.78, 5) is 20.2. The monoisotopic (exact) mass is 332 g/mol. The maximum absolute atomic E-state index is 12.3. The third-order valence-electron chi connectivity index (χ3n) is 3.68. The van der Waals surface area contributed by atoms with E-state index in [-0.39, 0.29) is 16.9 Å². The van der Waals surface area contributed by atoms with Crippen LogP contribution in [0.2, 0.25) is 0 Å². The fourth-order valence-electron chi connectivity index (χ4n) is 2.42. The van der Waals surface area contributed by atoms with E-state index in [1.54, 1.807) is 0 Å². The first kappa shape index (κ1) is 15.3. The minimum atomic E-state index is -0.128. The first-order valence-corrected chi connectivity index (χ1v) is 8.49. The van der Waals surface area contributed by atoms with Crippen molar-refractivity contribution in [1.29, 1.82) is 0 Å². The van der Waals surface area contributed by atoms with Gasteiger partial charge in [-0.05, 0) is 16.5 Å².